The summed E-state index contributed by atoms with van der Waals surface area (Å²) < 4.78 is 5.56. The molecule has 0 aromatic carbocycles. The lowest BCUT2D eigenvalue weighted by Crippen LogP contribution is -2.44. The Hall–Kier alpha value is -0.760. The number of hydrogen-bond acceptors (Lipinski definition) is 2. The van der Waals surface area contributed by atoms with Gasteiger partial charge >= 0.3 is 0 Å². The molecule has 0 saturated carbocycles. The summed E-state index contributed by atoms with van der Waals surface area (Å²) in [5.74, 6) is 1.25. The van der Waals surface area contributed by atoms with Gasteiger partial charge in [0, 0.05) is 23.9 Å². The van der Waals surface area contributed by atoms with Crippen LogP contribution in [-0.4, -0.2) is 13.1 Å². The fraction of sp³-hybridized carbons (Fsp3) is 0.667. The second-order valence-corrected chi connectivity index (χ2v) is 4.67. The van der Waals surface area contributed by atoms with E-state index in [0.29, 0.717) is 5.41 Å². The predicted molar refractivity (Wildman–Crippen MR) is 55.4 cm³/mol. The molecule has 2 heteroatoms. The molecule has 76 valence electrons. The van der Waals surface area contributed by atoms with E-state index in [-0.39, 0.29) is 0 Å². The Balaban J connectivity index is 2.01. The van der Waals surface area contributed by atoms with Crippen molar-refractivity contribution in [1.29, 1.82) is 0 Å². The van der Waals surface area contributed by atoms with Crippen LogP contribution in [0.3, 0.4) is 0 Å². The maximum absolute atomic E-state index is 5.56. The van der Waals surface area contributed by atoms with Gasteiger partial charge in [0.15, 0.2) is 0 Å². The first-order valence-electron chi connectivity index (χ1n) is 5.68. The molecule has 1 unspecified atom stereocenters. The van der Waals surface area contributed by atoms with Crippen molar-refractivity contribution in [3.8, 4) is 0 Å². The molecule has 0 amide bonds. The minimum atomic E-state index is 0.416. The van der Waals surface area contributed by atoms with Gasteiger partial charge in [-0.3, -0.25) is 0 Å². The molecule has 2 heterocycles. The summed E-state index contributed by atoms with van der Waals surface area (Å²) >= 11 is 0. The number of furan rings is 1. The van der Waals surface area contributed by atoms with Crippen molar-refractivity contribution < 1.29 is 4.42 Å². The van der Waals surface area contributed by atoms with E-state index in [4.69, 9.17) is 4.42 Å². The second kappa shape index (κ2) is 3.13. The molecule has 1 atom stereocenters. The van der Waals surface area contributed by atoms with Crippen molar-refractivity contribution in [1.82, 2.24) is 5.32 Å². The van der Waals surface area contributed by atoms with Crippen LogP contribution < -0.4 is 5.32 Å². The van der Waals surface area contributed by atoms with E-state index in [9.17, 15) is 0 Å². The van der Waals surface area contributed by atoms with Crippen molar-refractivity contribution >= 4 is 0 Å². The number of nitrogens with one attached hydrogen (secondary N) is 1. The van der Waals surface area contributed by atoms with Crippen molar-refractivity contribution in [2.75, 3.05) is 13.1 Å². The topological polar surface area (TPSA) is 25.2 Å². The van der Waals surface area contributed by atoms with E-state index in [1.165, 1.54) is 43.6 Å². The maximum atomic E-state index is 5.56. The van der Waals surface area contributed by atoms with Gasteiger partial charge in [0.05, 0.1) is 6.26 Å². The van der Waals surface area contributed by atoms with Gasteiger partial charge in [0.2, 0.25) is 0 Å². The Bertz CT molecular complexity index is 323. The van der Waals surface area contributed by atoms with Crippen LogP contribution in [0.25, 0.3) is 0 Å². The van der Waals surface area contributed by atoms with Gasteiger partial charge in [-0.2, -0.15) is 0 Å². The van der Waals surface area contributed by atoms with Crippen LogP contribution in [0.2, 0.25) is 0 Å². The molecule has 1 aliphatic carbocycles. The summed E-state index contributed by atoms with van der Waals surface area (Å²) in [6, 6.07) is 2.20. The van der Waals surface area contributed by atoms with Crippen LogP contribution in [0.5, 0.6) is 0 Å². The summed E-state index contributed by atoms with van der Waals surface area (Å²) in [4.78, 5) is 0. The standard InChI is InChI=1S/C12H17NO/c1-3-11-10(4-8-14-11)12(5-1)6-2-7-13-9-12/h4,8,13H,1-3,5-7,9H2. The highest BCUT2D eigenvalue weighted by Gasteiger charge is 2.38. The molecule has 2 aliphatic rings. The van der Waals surface area contributed by atoms with Gasteiger partial charge in [0.25, 0.3) is 0 Å². The first-order valence-corrected chi connectivity index (χ1v) is 5.68. The average molecular weight is 191 g/mol. The average Bonchev–Trinajstić information content (AvgIpc) is 2.69. The lowest BCUT2D eigenvalue weighted by molar-refractivity contribution is 0.263. The molecule has 1 N–H and O–H groups in total. The molecule has 14 heavy (non-hydrogen) atoms. The zero-order chi connectivity index (χ0) is 9.43. The second-order valence-electron chi connectivity index (χ2n) is 4.67. The Kier molecular flexibility index (Phi) is 1.91. The largest absolute Gasteiger partial charge is 0.469 e. The van der Waals surface area contributed by atoms with Gasteiger partial charge in [-0.15, -0.1) is 0 Å². The fourth-order valence-corrected chi connectivity index (χ4v) is 3.14. The minimum Gasteiger partial charge on any atom is -0.469 e. The van der Waals surface area contributed by atoms with E-state index < -0.39 is 0 Å². The molecule has 1 saturated heterocycles. The lowest BCUT2D eigenvalue weighted by atomic mass is 9.68. The van der Waals surface area contributed by atoms with Crippen LogP contribution in [0.1, 0.15) is 37.0 Å². The number of aryl methyl sites for hydroxylation is 1. The van der Waals surface area contributed by atoms with Gasteiger partial charge in [0.1, 0.15) is 5.76 Å². The molecular weight excluding hydrogens is 174 g/mol. The van der Waals surface area contributed by atoms with Crippen molar-refractivity contribution in [3.05, 3.63) is 23.7 Å². The van der Waals surface area contributed by atoms with Crippen LogP contribution >= 0.6 is 0 Å². The van der Waals surface area contributed by atoms with Gasteiger partial charge in [-0.05, 0) is 38.3 Å². The summed E-state index contributed by atoms with van der Waals surface area (Å²) in [5.41, 5.74) is 1.91. The third kappa shape index (κ3) is 1.13. The first kappa shape index (κ1) is 8.54. The van der Waals surface area contributed by atoms with E-state index in [0.717, 1.165) is 13.0 Å². The molecule has 2 nitrogen and oxygen atoms in total. The van der Waals surface area contributed by atoms with Gasteiger partial charge in [-0.25, -0.2) is 0 Å². The van der Waals surface area contributed by atoms with Crippen LogP contribution in [0.4, 0.5) is 0 Å². The van der Waals surface area contributed by atoms with Gasteiger partial charge < -0.3 is 9.73 Å². The van der Waals surface area contributed by atoms with Crippen LogP contribution in [0, 0.1) is 0 Å². The zero-order valence-corrected chi connectivity index (χ0v) is 8.51. The SMILES string of the molecule is c1cc2c(o1)CCCC21CCCNC1. The normalized spacial score (nSPS) is 31.7. The molecule has 1 spiro atoms. The highest BCUT2D eigenvalue weighted by atomic mass is 16.3. The van der Waals surface area contributed by atoms with E-state index in [1.54, 1.807) is 0 Å². The number of piperidine rings is 1. The Morgan fingerprint density at radius 1 is 1.29 bits per heavy atom. The predicted octanol–water partition coefficient (Wildman–Crippen LogP) is 2.24. The minimum absolute atomic E-state index is 0.416. The molecular formula is C12H17NO. The van der Waals surface area contributed by atoms with Crippen LogP contribution in [0.15, 0.2) is 16.7 Å². The third-order valence-electron chi connectivity index (χ3n) is 3.85. The zero-order valence-electron chi connectivity index (χ0n) is 8.51. The lowest BCUT2D eigenvalue weighted by Gasteiger charge is -2.40. The van der Waals surface area contributed by atoms with E-state index in [1.807, 2.05) is 6.26 Å². The Morgan fingerprint density at radius 2 is 2.21 bits per heavy atom. The number of fused-ring (bicyclic) bond motifs is 2. The Morgan fingerprint density at radius 3 is 3.07 bits per heavy atom. The maximum Gasteiger partial charge on any atom is 0.107 e. The smallest absolute Gasteiger partial charge is 0.107 e. The summed E-state index contributed by atoms with van der Waals surface area (Å²) in [5, 5.41) is 3.53. The highest BCUT2D eigenvalue weighted by molar-refractivity contribution is 5.31. The quantitative estimate of drug-likeness (QED) is 0.680. The molecule has 0 bridgehead atoms. The molecule has 1 aliphatic heterocycles. The molecule has 3 rings (SSSR count). The van der Waals surface area contributed by atoms with E-state index in [2.05, 4.69) is 11.4 Å². The Labute approximate surface area is 84.7 Å². The van der Waals surface area contributed by atoms with Crippen LogP contribution in [-0.2, 0) is 11.8 Å². The van der Waals surface area contributed by atoms with Crippen molar-refractivity contribution in [2.45, 2.75) is 37.5 Å². The number of rotatable bonds is 0. The summed E-state index contributed by atoms with van der Waals surface area (Å²) in [6.45, 7) is 2.34. The van der Waals surface area contributed by atoms with Crippen molar-refractivity contribution in [2.24, 2.45) is 0 Å². The summed E-state index contributed by atoms with van der Waals surface area (Å²) in [7, 11) is 0. The summed E-state index contributed by atoms with van der Waals surface area (Å²) in [6.07, 6.45) is 8.29. The molecule has 1 aromatic rings. The molecule has 0 radical (unpaired) electrons. The van der Waals surface area contributed by atoms with Gasteiger partial charge in [-0.1, -0.05) is 0 Å². The van der Waals surface area contributed by atoms with Crippen molar-refractivity contribution in [3.63, 3.8) is 0 Å². The molecule has 1 fully saturated rings. The highest BCUT2D eigenvalue weighted by Crippen LogP contribution is 2.42. The third-order valence-corrected chi connectivity index (χ3v) is 3.85. The molecule has 1 aromatic heterocycles. The first-order chi connectivity index (χ1) is 6.91. The van der Waals surface area contributed by atoms with E-state index >= 15 is 0 Å². The monoisotopic (exact) mass is 191 g/mol. The number of hydrogen-bond donors (Lipinski definition) is 1. The fourth-order valence-electron chi connectivity index (χ4n) is 3.14.